The van der Waals surface area contributed by atoms with Gasteiger partial charge in [-0.25, -0.2) is 9.37 Å². The van der Waals surface area contributed by atoms with E-state index < -0.39 is 0 Å². The van der Waals surface area contributed by atoms with Gasteiger partial charge in [0.1, 0.15) is 11.6 Å². The Labute approximate surface area is 126 Å². The fraction of sp³-hybridized carbons (Fsp3) is 0.188. The molecular formula is C16H15FN2OS. The number of aromatic nitrogens is 1. The molecule has 0 fully saturated rings. The summed E-state index contributed by atoms with van der Waals surface area (Å²) in [5, 5.41) is 3.32. The molecule has 1 heterocycles. The molecule has 0 bridgehead atoms. The lowest BCUT2D eigenvalue weighted by atomic mass is 10.1. The topological polar surface area (TPSA) is 34.1 Å². The van der Waals surface area contributed by atoms with Gasteiger partial charge < -0.3 is 10.1 Å². The molecular weight excluding hydrogens is 287 g/mol. The third-order valence-electron chi connectivity index (χ3n) is 3.39. The van der Waals surface area contributed by atoms with Crippen LogP contribution in [0.1, 0.15) is 18.5 Å². The van der Waals surface area contributed by atoms with E-state index in [1.165, 1.54) is 13.2 Å². The predicted molar refractivity (Wildman–Crippen MR) is 84.6 cm³/mol. The predicted octanol–water partition coefficient (Wildman–Crippen LogP) is 4.62. The zero-order valence-corrected chi connectivity index (χ0v) is 12.6. The molecule has 0 aliphatic rings. The maximum atomic E-state index is 14.1. The summed E-state index contributed by atoms with van der Waals surface area (Å²) in [6, 6.07) is 10.7. The van der Waals surface area contributed by atoms with Crippen LogP contribution in [-0.2, 0) is 0 Å². The molecule has 3 aromatic rings. The SMILES string of the molecule is COc1ccc(C(C)Nc2ccc3ncsc3c2)c(F)c1. The molecule has 0 saturated carbocycles. The van der Waals surface area contributed by atoms with E-state index in [4.69, 9.17) is 4.74 Å². The van der Waals surface area contributed by atoms with Crippen LogP contribution in [0.3, 0.4) is 0 Å². The van der Waals surface area contributed by atoms with Crippen molar-refractivity contribution in [1.82, 2.24) is 4.98 Å². The molecule has 0 radical (unpaired) electrons. The van der Waals surface area contributed by atoms with Crippen LogP contribution in [0.25, 0.3) is 10.2 Å². The molecule has 21 heavy (non-hydrogen) atoms. The molecule has 0 amide bonds. The first-order valence-electron chi connectivity index (χ1n) is 6.60. The number of rotatable bonds is 4. The minimum atomic E-state index is -0.270. The van der Waals surface area contributed by atoms with Crippen molar-refractivity contribution in [3.63, 3.8) is 0 Å². The minimum absolute atomic E-state index is 0.138. The second-order valence-corrected chi connectivity index (χ2v) is 5.67. The van der Waals surface area contributed by atoms with Crippen molar-refractivity contribution in [3.05, 3.63) is 53.3 Å². The highest BCUT2D eigenvalue weighted by atomic mass is 32.1. The van der Waals surface area contributed by atoms with Gasteiger partial charge in [0.15, 0.2) is 0 Å². The molecule has 108 valence electrons. The molecule has 1 aromatic heterocycles. The number of nitrogens with zero attached hydrogens (tertiary/aromatic N) is 1. The second-order valence-electron chi connectivity index (χ2n) is 4.79. The van der Waals surface area contributed by atoms with Gasteiger partial charge in [0.2, 0.25) is 0 Å². The van der Waals surface area contributed by atoms with E-state index in [0.717, 1.165) is 15.9 Å². The fourth-order valence-corrected chi connectivity index (χ4v) is 2.97. The first-order chi connectivity index (χ1) is 10.2. The van der Waals surface area contributed by atoms with Gasteiger partial charge >= 0.3 is 0 Å². The molecule has 3 nitrogen and oxygen atoms in total. The average molecular weight is 302 g/mol. The Balaban J connectivity index is 1.83. The first-order valence-corrected chi connectivity index (χ1v) is 7.48. The van der Waals surface area contributed by atoms with E-state index in [9.17, 15) is 4.39 Å². The normalized spacial score (nSPS) is 12.3. The molecule has 5 heteroatoms. The Morgan fingerprint density at radius 2 is 2.10 bits per heavy atom. The second kappa shape index (κ2) is 5.69. The van der Waals surface area contributed by atoms with Crippen LogP contribution in [0, 0.1) is 5.82 Å². The number of anilines is 1. The van der Waals surface area contributed by atoms with Crippen molar-refractivity contribution in [1.29, 1.82) is 0 Å². The van der Waals surface area contributed by atoms with Gasteiger partial charge in [-0.05, 0) is 31.2 Å². The summed E-state index contributed by atoms with van der Waals surface area (Å²) in [7, 11) is 1.53. The lowest BCUT2D eigenvalue weighted by molar-refractivity contribution is 0.410. The minimum Gasteiger partial charge on any atom is -0.497 e. The highest BCUT2D eigenvalue weighted by molar-refractivity contribution is 7.16. The molecule has 0 saturated heterocycles. The van der Waals surface area contributed by atoms with E-state index in [1.807, 2.05) is 30.6 Å². The Morgan fingerprint density at radius 3 is 2.86 bits per heavy atom. The van der Waals surface area contributed by atoms with E-state index in [-0.39, 0.29) is 11.9 Å². The van der Waals surface area contributed by atoms with Gasteiger partial charge in [-0.1, -0.05) is 6.07 Å². The van der Waals surface area contributed by atoms with Gasteiger partial charge in [-0.15, -0.1) is 11.3 Å². The van der Waals surface area contributed by atoms with Gasteiger partial charge in [-0.2, -0.15) is 0 Å². The number of ether oxygens (including phenoxy) is 1. The van der Waals surface area contributed by atoms with Crippen LogP contribution in [0.4, 0.5) is 10.1 Å². The highest BCUT2D eigenvalue weighted by Gasteiger charge is 2.12. The summed E-state index contributed by atoms with van der Waals surface area (Å²) in [6.45, 7) is 1.93. The number of nitrogens with one attached hydrogen (secondary N) is 1. The number of hydrogen-bond acceptors (Lipinski definition) is 4. The van der Waals surface area contributed by atoms with Crippen LogP contribution in [0.15, 0.2) is 41.9 Å². The smallest absolute Gasteiger partial charge is 0.132 e. The quantitative estimate of drug-likeness (QED) is 0.763. The molecule has 1 unspecified atom stereocenters. The number of fused-ring (bicyclic) bond motifs is 1. The Bertz CT molecular complexity index is 772. The van der Waals surface area contributed by atoms with Crippen molar-refractivity contribution in [2.75, 3.05) is 12.4 Å². The number of hydrogen-bond donors (Lipinski definition) is 1. The van der Waals surface area contributed by atoms with Gasteiger partial charge in [0.25, 0.3) is 0 Å². The lowest BCUT2D eigenvalue weighted by Gasteiger charge is -2.17. The maximum Gasteiger partial charge on any atom is 0.132 e. The van der Waals surface area contributed by atoms with Crippen molar-refractivity contribution in [2.24, 2.45) is 0 Å². The zero-order chi connectivity index (χ0) is 14.8. The van der Waals surface area contributed by atoms with Crippen LogP contribution in [-0.4, -0.2) is 12.1 Å². The van der Waals surface area contributed by atoms with Crippen LogP contribution >= 0.6 is 11.3 Å². The van der Waals surface area contributed by atoms with E-state index in [2.05, 4.69) is 10.3 Å². The molecule has 1 atom stereocenters. The number of halogens is 1. The van der Waals surface area contributed by atoms with Crippen LogP contribution < -0.4 is 10.1 Å². The van der Waals surface area contributed by atoms with Crippen LogP contribution in [0.2, 0.25) is 0 Å². The number of thiazole rings is 1. The van der Waals surface area contributed by atoms with Crippen molar-refractivity contribution in [2.45, 2.75) is 13.0 Å². The third-order valence-corrected chi connectivity index (χ3v) is 4.18. The van der Waals surface area contributed by atoms with Gasteiger partial charge in [0.05, 0.1) is 28.9 Å². The lowest BCUT2D eigenvalue weighted by Crippen LogP contribution is -2.08. The Morgan fingerprint density at radius 1 is 1.24 bits per heavy atom. The molecule has 0 spiro atoms. The maximum absolute atomic E-state index is 14.1. The fourth-order valence-electron chi connectivity index (χ4n) is 2.26. The first kappa shape index (κ1) is 13.8. The Kier molecular flexibility index (Phi) is 3.75. The van der Waals surface area contributed by atoms with Gasteiger partial charge in [-0.3, -0.25) is 0 Å². The largest absolute Gasteiger partial charge is 0.497 e. The van der Waals surface area contributed by atoms with E-state index >= 15 is 0 Å². The summed E-state index contributed by atoms with van der Waals surface area (Å²) in [4.78, 5) is 4.25. The van der Waals surface area contributed by atoms with Crippen LogP contribution in [0.5, 0.6) is 5.75 Å². The van der Waals surface area contributed by atoms with Gasteiger partial charge in [0, 0.05) is 17.3 Å². The average Bonchev–Trinajstić information content (AvgIpc) is 2.94. The molecule has 3 rings (SSSR count). The summed E-state index contributed by atoms with van der Waals surface area (Å²) in [5.41, 5.74) is 4.37. The summed E-state index contributed by atoms with van der Waals surface area (Å²) >= 11 is 1.59. The third kappa shape index (κ3) is 2.83. The monoisotopic (exact) mass is 302 g/mol. The van der Waals surface area contributed by atoms with E-state index in [1.54, 1.807) is 23.5 Å². The molecule has 2 aromatic carbocycles. The molecule has 0 aliphatic carbocycles. The molecule has 0 aliphatic heterocycles. The number of benzene rings is 2. The summed E-state index contributed by atoms with van der Waals surface area (Å²) in [5.74, 6) is 0.253. The van der Waals surface area contributed by atoms with E-state index in [0.29, 0.717) is 11.3 Å². The van der Waals surface area contributed by atoms with Crippen molar-refractivity contribution in [3.8, 4) is 5.75 Å². The summed E-state index contributed by atoms with van der Waals surface area (Å²) in [6.07, 6.45) is 0. The summed E-state index contributed by atoms with van der Waals surface area (Å²) < 4.78 is 20.2. The zero-order valence-electron chi connectivity index (χ0n) is 11.8. The van der Waals surface area contributed by atoms with Crippen molar-refractivity contribution < 1.29 is 9.13 Å². The van der Waals surface area contributed by atoms with Crippen molar-refractivity contribution >= 4 is 27.2 Å². The molecule has 1 N–H and O–H groups in total. The number of methoxy groups -OCH3 is 1. The Hall–Kier alpha value is -2.14. The standard InChI is InChI=1S/C16H15FN2OS/c1-10(13-5-4-12(20-2)8-14(13)17)19-11-3-6-15-16(7-11)21-9-18-15/h3-10,19H,1-2H3. The highest BCUT2D eigenvalue weighted by Crippen LogP contribution is 2.27.